The number of likely N-dealkylation sites (tertiary alicyclic amines) is 2. The molecule has 8 rings (SSSR count). The van der Waals surface area contributed by atoms with Gasteiger partial charge >= 0.3 is 0 Å². The number of rotatable bonds is 3. The number of nitrogens with zero attached hydrogens (tertiary/aromatic N) is 2. The number of pyridine rings is 1. The van der Waals surface area contributed by atoms with Gasteiger partial charge in [0.05, 0.1) is 0 Å². The minimum Gasteiger partial charge on any atom is -0.508 e. The van der Waals surface area contributed by atoms with Gasteiger partial charge in [0.25, 0.3) is 5.91 Å². The van der Waals surface area contributed by atoms with Gasteiger partial charge in [-0.05, 0) is 104 Å². The first-order chi connectivity index (χ1) is 17.0. The van der Waals surface area contributed by atoms with E-state index >= 15 is 0 Å². The predicted molar refractivity (Wildman–Crippen MR) is 131 cm³/mol. The Morgan fingerprint density at radius 3 is 2.86 bits per heavy atom. The fraction of sp³-hybridized carbons (Fsp3) is 0.586. The fourth-order valence-corrected chi connectivity index (χ4v) is 9.92. The highest BCUT2D eigenvalue weighted by Crippen LogP contribution is 2.75. The van der Waals surface area contributed by atoms with E-state index in [-0.39, 0.29) is 28.3 Å². The summed E-state index contributed by atoms with van der Waals surface area (Å²) in [5.74, 6) is 2.20. The van der Waals surface area contributed by atoms with E-state index in [1.165, 1.54) is 43.0 Å². The van der Waals surface area contributed by atoms with Crippen LogP contribution in [-0.4, -0.2) is 57.5 Å². The van der Waals surface area contributed by atoms with Crippen LogP contribution in [0.5, 0.6) is 5.75 Å². The van der Waals surface area contributed by atoms with Crippen molar-refractivity contribution in [3.8, 4) is 5.75 Å². The molecule has 2 aliphatic heterocycles. The third-order valence-corrected chi connectivity index (χ3v) is 11.1. The van der Waals surface area contributed by atoms with Crippen LogP contribution >= 0.6 is 0 Å². The van der Waals surface area contributed by atoms with Crippen LogP contribution in [0.15, 0.2) is 41.3 Å². The lowest BCUT2D eigenvalue weighted by atomic mass is 9.43. The first-order valence-corrected chi connectivity index (χ1v) is 13.6. The molecule has 2 N–H and O–H groups in total. The standard InChI is InChI=1S/C29H33N3O3/c33-21-4-3-18-11-24-28-7-5-23-26(29(28,22(18)13-21)8-10-31(24)15-17-1-2-17)20(14-28)16-32(23)27(35)19-6-9-30-25(34)12-19/h3-4,6,9,12-13,17,20,23-24,26,33H,1-2,5,7-8,10-11,14-16H2,(H,30,34)/t20-,23-,24-,26-,28-,29+/m1/s1. The summed E-state index contributed by atoms with van der Waals surface area (Å²) in [5, 5.41) is 10.6. The van der Waals surface area contributed by atoms with Crippen molar-refractivity contribution in [2.75, 3.05) is 19.6 Å². The lowest BCUT2D eigenvalue weighted by Crippen LogP contribution is -2.69. The molecule has 0 spiro atoms. The van der Waals surface area contributed by atoms with Gasteiger partial charge in [-0.15, -0.1) is 0 Å². The van der Waals surface area contributed by atoms with Crippen molar-refractivity contribution >= 4 is 5.91 Å². The average molecular weight is 472 g/mol. The van der Waals surface area contributed by atoms with E-state index in [0.29, 0.717) is 29.2 Å². The molecule has 0 radical (unpaired) electrons. The van der Waals surface area contributed by atoms with Gasteiger partial charge in [0.15, 0.2) is 0 Å². The normalized spacial score (nSPS) is 38.8. The highest BCUT2D eigenvalue weighted by molar-refractivity contribution is 5.94. The SMILES string of the molecule is O=C(c1cc[nH]c(=O)c1)N1C[C@H]2C[C@@]34CC[C@@H]1[C@@H]2[C@@]31CCN(CC2CC2)[C@@H]4Cc2ccc(O)cc21. The molecule has 6 heteroatoms. The van der Waals surface area contributed by atoms with E-state index in [1.807, 2.05) is 6.07 Å². The van der Waals surface area contributed by atoms with Gasteiger partial charge in [0.1, 0.15) is 5.75 Å². The van der Waals surface area contributed by atoms with Crippen molar-refractivity contribution < 1.29 is 9.90 Å². The molecule has 1 aromatic carbocycles. The Hall–Kier alpha value is -2.60. The van der Waals surface area contributed by atoms with Gasteiger partial charge in [-0.1, -0.05) is 6.07 Å². The summed E-state index contributed by atoms with van der Waals surface area (Å²) in [7, 11) is 0. The van der Waals surface area contributed by atoms with Crippen LogP contribution in [0.2, 0.25) is 0 Å². The summed E-state index contributed by atoms with van der Waals surface area (Å²) in [4.78, 5) is 33.2. The number of fused-ring (bicyclic) bond motifs is 1. The maximum Gasteiger partial charge on any atom is 0.254 e. The van der Waals surface area contributed by atoms with Crippen molar-refractivity contribution in [2.45, 2.75) is 62.4 Å². The Bertz CT molecular complexity index is 1300. The number of phenolic OH excluding ortho intramolecular Hbond substituents is 1. The predicted octanol–water partition coefficient (Wildman–Crippen LogP) is 3.30. The van der Waals surface area contributed by atoms with Crippen molar-refractivity contribution in [1.82, 2.24) is 14.8 Å². The molecule has 35 heavy (non-hydrogen) atoms. The van der Waals surface area contributed by atoms with E-state index in [9.17, 15) is 14.7 Å². The zero-order valence-electron chi connectivity index (χ0n) is 20.1. The Balaban J connectivity index is 1.25. The highest BCUT2D eigenvalue weighted by atomic mass is 16.3. The number of amides is 1. The Kier molecular flexibility index (Phi) is 3.99. The zero-order chi connectivity index (χ0) is 23.5. The summed E-state index contributed by atoms with van der Waals surface area (Å²) in [6, 6.07) is 10.1. The van der Waals surface area contributed by atoms with Crippen LogP contribution in [0, 0.1) is 23.2 Å². The van der Waals surface area contributed by atoms with Crippen LogP contribution in [0.25, 0.3) is 0 Å². The number of H-pyrrole nitrogens is 1. The van der Waals surface area contributed by atoms with E-state index in [0.717, 1.165) is 44.7 Å². The number of nitrogens with one attached hydrogen (secondary N) is 1. The minimum absolute atomic E-state index is 0.00839. The molecule has 6 atom stereocenters. The fourth-order valence-electron chi connectivity index (χ4n) is 9.92. The Morgan fingerprint density at radius 1 is 1.14 bits per heavy atom. The molecule has 1 amide bonds. The topological polar surface area (TPSA) is 76.6 Å². The van der Waals surface area contributed by atoms with E-state index in [4.69, 9.17) is 0 Å². The van der Waals surface area contributed by atoms with Crippen molar-refractivity contribution in [1.29, 1.82) is 0 Å². The molecular formula is C29H33N3O3. The van der Waals surface area contributed by atoms with Crippen LogP contribution in [0.1, 0.15) is 60.0 Å². The summed E-state index contributed by atoms with van der Waals surface area (Å²) < 4.78 is 0. The van der Waals surface area contributed by atoms with Crippen molar-refractivity contribution in [2.24, 2.45) is 23.2 Å². The summed E-state index contributed by atoms with van der Waals surface area (Å²) in [6.07, 6.45) is 9.99. The molecule has 3 saturated carbocycles. The molecule has 5 fully saturated rings. The second-order valence-corrected chi connectivity index (χ2v) is 12.4. The summed E-state index contributed by atoms with van der Waals surface area (Å²) in [6.45, 7) is 3.19. The number of benzene rings is 1. The molecule has 2 aromatic rings. The Labute approximate surface area is 205 Å². The monoisotopic (exact) mass is 471 g/mol. The molecule has 6 aliphatic rings. The van der Waals surface area contributed by atoms with Crippen LogP contribution in [-0.2, 0) is 11.8 Å². The zero-order valence-corrected chi connectivity index (χ0v) is 20.1. The number of piperidine rings is 1. The molecule has 182 valence electrons. The first kappa shape index (κ1) is 20.6. The van der Waals surface area contributed by atoms with Crippen LogP contribution in [0.3, 0.4) is 0 Å². The van der Waals surface area contributed by atoms with Crippen molar-refractivity contribution in [3.63, 3.8) is 0 Å². The number of carbonyl (C=O) groups is 1. The second-order valence-electron chi connectivity index (χ2n) is 12.4. The number of hydrogen-bond donors (Lipinski definition) is 2. The number of aromatic amines is 1. The lowest BCUT2D eigenvalue weighted by molar-refractivity contribution is -0.102. The summed E-state index contributed by atoms with van der Waals surface area (Å²) >= 11 is 0. The van der Waals surface area contributed by atoms with Gasteiger partial charge < -0.3 is 15.0 Å². The Morgan fingerprint density at radius 2 is 2.03 bits per heavy atom. The molecule has 4 bridgehead atoms. The lowest BCUT2D eigenvalue weighted by Gasteiger charge is -2.66. The number of aromatic hydroxyl groups is 1. The van der Waals surface area contributed by atoms with Gasteiger partial charge in [-0.25, -0.2) is 0 Å². The second kappa shape index (κ2) is 6.78. The maximum absolute atomic E-state index is 13.7. The molecule has 2 saturated heterocycles. The molecule has 1 aromatic heterocycles. The van der Waals surface area contributed by atoms with Gasteiger partial charge in [-0.3, -0.25) is 14.5 Å². The molecule has 0 unspecified atom stereocenters. The smallest absolute Gasteiger partial charge is 0.254 e. The molecular weight excluding hydrogens is 438 g/mol. The molecule has 6 nitrogen and oxygen atoms in total. The van der Waals surface area contributed by atoms with E-state index in [2.05, 4.69) is 26.9 Å². The highest BCUT2D eigenvalue weighted by Gasteiger charge is 2.76. The van der Waals surface area contributed by atoms with E-state index in [1.54, 1.807) is 12.3 Å². The summed E-state index contributed by atoms with van der Waals surface area (Å²) in [5.41, 5.74) is 3.39. The third kappa shape index (κ3) is 2.54. The van der Waals surface area contributed by atoms with Gasteiger partial charge in [0, 0.05) is 48.4 Å². The van der Waals surface area contributed by atoms with E-state index < -0.39 is 0 Å². The largest absolute Gasteiger partial charge is 0.508 e. The number of aromatic nitrogens is 1. The van der Waals surface area contributed by atoms with Crippen LogP contribution < -0.4 is 5.56 Å². The number of hydrogen-bond acceptors (Lipinski definition) is 4. The van der Waals surface area contributed by atoms with Gasteiger partial charge in [0.2, 0.25) is 5.56 Å². The minimum atomic E-state index is -0.223. The van der Waals surface area contributed by atoms with Gasteiger partial charge in [-0.2, -0.15) is 0 Å². The average Bonchev–Trinajstić information content (AvgIpc) is 3.54. The number of carbonyl (C=O) groups excluding carboxylic acids is 1. The number of phenols is 1. The molecule has 4 aliphatic carbocycles. The van der Waals surface area contributed by atoms with Crippen molar-refractivity contribution in [3.05, 3.63) is 63.6 Å². The first-order valence-electron chi connectivity index (χ1n) is 13.6. The third-order valence-electron chi connectivity index (χ3n) is 11.1. The maximum atomic E-state index is 13.7. The quantitative estimate of drug-likeness (QED) is 0.720. The molecule has 3 heterocycles. The van der Waals surface area contributed by atoms with Crippen LogP contribution in [0.4, 0.5) is 0 Å².